The van der Waals surface area contributed by atoms with Gasteiger partial charge in [0.05, 0.1) is 12.3 Å². The zero-order chi connectivity index (χ0) is 16.9. The van der Waals surface area contributed by atoms with E-state index in [2.05, 4.69) is 14.6 Å². The minimum atomic E-state index is -3.38. The van der Waals surface area contributed by atoms with E-state index in [1.54, 1.807) is 18.0 Å². The fourth-order valence-corrected chi connectivity index (χ4v) is 3.49. The van der Waals surface area contributed by atoms with Gasteiger partial charge in [0.15, 0.2) is 0 Å². The lowest BCUT2D eigenvalue weighted by Crippen LogP contribution is -2.47. The fraction of sp³-hybridized carbons (Fsp3) is 0.600. The summed E-state index contributed by atoms with van der Waals surface area (Å²) in [6.45, 7) is 5.33. The third kappa shape index (κ3) is 5.89. The molecule has 0 saturated carbocycles. The minimum Gasteiger partial charge on any atom is -0.340 e. The molecule has 128 valence electrons. The number of aromatic nitrogens is 1. The second-order valence-electron chi connectivity index (χ2n) is 5.93. The normalized spacial score (nSPS) is 18.4. The fourth-order valence-electron chi connectivity index (χ4n) is 2.74. The van der Waals surface area contributed by atoms with Crippen LogP contribution in [0, 0.1) is 0 Å². The van der Waals surface area contributed by atoms with Crippen molar-refractivity contribution in [2.24, 2.45) is 0 Å². The average Bonchev–Trinajstić information content (AvgIpc) is 2.71. The Kier molecular flexibility index (Phi) is 6.09. The molecule has 1 saturated heterocycles. The number of rotatable bonds is 5. The molecule has 8 heteroatoms. The van der Waals surface area contributed by atoms with Crippen molar-refractivity contribution in [3.63, 3.8) is 0 Å². The molecule has 23 heavy (non-hydrogen) atoms. The van der Waals surface area contributed by atoms with Crippen LogP contribution in [-0.2, 0) is 21.4 Å². The van der Waals surface area contributed by atoms with E-state index in [1.807, 2.05) is 18.3 Å². The first-order valence-corrected chi connectivity index (χ1v) is 9.61. The van der Waals surface area contributed by atoms with Gasteiger partial charge in [-0.05, 0) is 25.0 Å². The van der Waals surface area contributed by atoms with Crippen LogP contribution in [0.3, 0.4) is 0 Å². The lowest BCUT2D eigenvalue weighted by molar-refractivity contribution is -0.132. The zero-order valence-corrected chi connectivity index (χ0v) is 14.4. The highest BCUT2D eigenvalue weighted by atomic mass is 32.2. The average molecular weight is 340 g/mol. The number of hydrogen-bond donors (Lipinski definition) is 1. The second kappa shape index (κ2) is 7.85. The van der Waals surface area contributed by atoms with Gasteiger partial charge in [-0.1, -0.05) is 6.07 Å². The quantitative estimate of drug-likeness (QED) is 0.819. The van der Waals surface area contributed by atoms with Gasteiger partial charge in [0.2, 0.25) is 15.9 Å². The molecule has 1 atom stereocenters. The number of carbonyl (C=O) groups is 1. The summed E-state index contributed by atoms with van der Waals surface area (Å²) in [7, 11) is -3.38. The monoisotopic (exact) mass is 340 g/mol. The van der Waals surface area contributed by atoms with Gasteiger partial charge < -0.3 is 4.90 Å². The number of carbonyl (C=O) groups excluding carboxylic acids is 1. The van der Waals surface area contributed by atoms with E-state index < -0.39 is 16.1 Å². The van der Waals surface area contributed by atoms with E-state index >= 15 is 0 Å². The molecule has 0 bridgehead atoms. The molecule has 1 aliphatic rings. The summed E-state index contributed by atoms with van der Waals surface area (Å²) in [5.41, 5.74) is 1.15. The van der Waals surface area contributed by atoms with Crippen LogP contribution in [0.4, 0.5) is 0 Å². The van der Waals surface area contributed by atoms with Crippen molar-refractivity contribution in [1.82, 2.24) is 19.5 Å². The molecule has 2 heterocycles. The maximum absolute atomic E-state index is 12.4. The highest BCUT2D eigenvalue weighted by Crippen LogP contribution is 2.09. The van der Waals surface area contributed by atoms with Crippen molar-refractivity contribution < 1.29 is 13.2 Å². The lowest BCUT2D eigenvalue weighted by Gasteiger charge is -2.24. The summed E-state index contributed by atoms with van der Waals surface area (Å²) in [6.07, 6.45) is 5.54. The van der Waals surface area contributed by atoms with Crippen LogP contribution in [0.25, 0.3) is 0 Å². The standard InChI is InChI=1S/C15H24N4O3S/c1-13(17-23(2,21)22)15(20)19-8-4-7-18(9-10-19)12-14-5-3-6-16-11-14/h3,5-6,11,13,17H,4,7-10,12H2,1-2H3. The van der Waals surface area contributed by atoms with Crippen LogP contribution >= 0.6 is 0 Å². The van der Waals surface area contributed by atoms with Crippen molar-refractivity contribution in [1.29, 1.82) is 0 Å². The minimum absolute atomic E-state index is 0.168. The maximum Gasteiger partial charge on any atom is 0.240 e. The maximum atomic E-state index is 12.4. The van der Waals surface area contributed by atoms with Crippen LogP contribution < -0.4 is 4.72 Å². The second-order valence-corrected chi connectivity index (χ2v) is 7.71. The largest absolute Gasteiger partial charge is 0.340 e. The number of nitrogens with one attached hydrogen (secondary N) is 1. The van der Waals surface area contributed by atoms with E-state index in [4.69, 9.17) is 0 Å². The van der Waals surface area contributed by atoms with Crippen LogP contribution in [0.2, 0.25) is 0 Å². The third-order valence-electron chi connectivity index (χ3n) is 3.79. The Hall–Kier alpha value is -1.51. The highest BCUT2D eigenvalue weighted by molar-refractivity contribution is 7.88. The topological polar surface area (TPSA) is 82.6 Å². The summed E-state index contributed by atoms with van der Waals surface area (Å²) in [5, 5.41) is 0. The van der Waals surface area contributed by atoms with E-state index in [0.29, 0.717) is 13.1 Å². The zero-order valence-electron chi connectivity index (χ0n) is 13.6. The molecule has 0 spiro atoms. The predicted molar refractivity (Wildman–Crippen MR) is 88.2 cm³/mol. The Bertz CT molecular complexity index is 621. The molecule has 0 aromatic carbocycles. The first-order valence-electron chi connectivity index (χ1n) is 7.72. The Morgan fingerprint density at radius 3 is 2.78 bits per heavy atom. The summed E-state index contributed by atoms with van der Waals surface area (Å²) in [4.78, 5) is 20.5. The molecule has 1 N–H and O–H groups in total. The van der Waals surface area contributed by atoms with Crippen molar-refractivity contribution in [2.75, 3.05) is 32.4 Å². The summed E-state index contributed by atoms with van der Waals surface area (Å²) in [5.74, 6) is -0.168. The first kappa shape index (κ1) is 17.8. The van der Waals surface area contributed by atoms with Crippen LogP contribution in [0.15, 0.2) is 24.5 Å². The van der Waals surface area contributed by atoms with Gasteiger partial charge >= 0.3 is 0 Å². The molecule has 1 aliphatic heterocycles. The Morgan fingerprint density at radius 1 is 1.35 bits per heavy atom. The SMILES string of the molecule is CC(NS(C)(=O)=O)C(=O)N1CCCN(Cc2cccnc2)CC1. The third-order valence-corrected chi connectivity index (χ3v) is 4.57. The van der Waals surface area contributed by atoms with Gasteiger partial charge in [0.1, 0.15) is 0 Å². The Labute approximate surface area is 137 Å². The Morgan fingerprint density at radius 2 is 2.13 bits per heavy atom. The molecule has 0 aliphatic carbocycles. The summed E-state index contributed by atoms with van der Waals surface area (Å²) < 4.78 is 24.9. The van der Waals surface area contributed by atoms with Gasteiger partial charge in [0, 0.05) is 45.1 Å². The van der Waals surface area contributed by atoms with Gasteiger partial charge in [-0.2, -0.15) is 0 Å². The van der Waals surface area contributed by atoms with Crippen LogP contribution in [0.1, 0.15) is 18.9 Å². The molecular formula is C15H24N4O3S. The van der Waals surface area contributed by atoms with E-state index in [-0.39, 0.29) is 5.91 Å². The van der Waals surface area contributed by atoms with E-state index in [0.717, 1.165) is 37.9 Å². The van der Waals surface area contributed by atoms with Crippen LogP contribution in [0.5, 0.6) is 0 Å². The molecule has 1 aromatic rings. The van der Waals surface area contributed by atoms with Crippen LogP contribution in [-0.4, -0.2) is 67.6 Å². The molecule has 1 aromatic heterocycles. The number of pyridine rings is 1. The first-order chi connectivity index (χ1) is 10.8. The lowest BCUT2D eigenvalue weighted by atomic mass is 10.2. The summed E-state index contributed by atoms with van der Waals surface area (Å²) >= 11 is 0. The van der Waals surface area contributed by atoms with E-state index in [1.165, 1.54) is 0 Å². The smallest absolute Gasteiger partial charge is 0.240 e. The number of nitrogens with zero attached hydrogens (tertiary/aromatic N) is 3. The highest BCUT2D eigenvalue weighted by Gasteiger charge is 2.25. The predicted octanol–water partition coefficient (Wildman–Crippen LogP) is 0.0536. The van der Waals surface area contributed by atoms with Crippen molar-refractivity contribution in [3.05, 3.63) is 30.1 Å². The van der Waals surface area contributed by atoms with E-state index in [9.17, 15) is 13.2 Å². The van der Waals surface area contributed by atoms with Crippen molar-refractivity contribution >= 4 is 15.9 Å². The van der Waals surface area contributed by atoms with Gasteiger partial charge in [0.25, 0.3) is 0 Å². The van der Waals surface area contributed by atoms with Gasteiger partial charge in [-0.15, -0.1) is 0 Å². The molecule has 2 rings (SSSR count). The number of amides is 1. The molecular weight excluding hydrogens is 316 g/mol. The van der Waals surface area contributed by atoms with Crippen molar-refractivity contribution in [3.8, 4) is 0 Å². The molecule has 0 radical (unpaired) electrons. The van der Waals surface area contributed by atoms with Crippen molar-refractivity contribution in [2.45, 2.75) is 25.9 Å². The summed E-state index contributed by atoms with van der Waals surface area (Å²) in [6, 6.07) is 3.23. The molecule has 1 amide bonds. The molecule has 1 fully saturated rings. The number of hydrogen-bond acceptors (Lipinski definition) is 5. The Balaban J connectivity index is 1.89. The number of sulfonamides is 1. The molecule has 1 unspecified atom stereocenters. The van der Waals surface area contributed by atoms with Gasteiger partial charge in [-0.3, -0.25) is 14.7 Å². The molecule has 7 nitrogen and oxygen atoms in total. The van der Waals surface area contributed by atoms with Gasteiger partial charge in [-0.25, -0.2) is 13.1 Å².